The van der Waals surface area contributed by atoms with Crippen molar-refractivity contribution in [1.82, 2.24) is 5.32 Å². The van der Waals surface area contributed by atoms with Gasteiger partial charge in [0, 0.05) is 5.56 Å². The van der Waals surface area contributed by atoms with E-state index in [0.29, 0.717) is 6.61 Å². The van der Waals surface area contributed by atoms with E-state index in [9.17, 15) is 8.78 Å². The summed E-state index contributed by atoms with van der Waals surface area (Å²) in [6.07, 6.45) is 3.27. The Bertz CT molecular complexity index is 411. The van der Waals surface area contributed by atoms with Crippen LogP contribution in [0.2, 0.25) is 0 Å². The van der Waals surface area contributed by atoms with E-state index in [4.69, 9.17) is 4.74 Å². The Morgan fingerprint density at radius 3 is 2.53 bits per heavy atom. The molecular weight excluding hydrogens is 224 g/mol. The van der Waals surface area contributed by atoms with Crippen LogP contribution in [0.4, 0.5) is 8.78 Å². The van der Waals surface area contributed by atoms with E-state index in [2.05, 4.69) is 5.32 Å². The zero-order valence-electron chi connectivity index (χ0n) is 9.67. The fourth-order valence-electron chi connectivity index (χ4n) is 2.10. The molecule has 1 atom stereocenters. The van der Waals surface area contributed by atoms with E-state index >= 15 is 0 Å². The fraction of sp³-hybridized carbons (Fsp3) is 0.385. The molecule has 0 saturated heterocycles. The quantitative estimate of drug-likeness (QED) is 0.875. The van der Waals surface area contributed by atoms with Gasteiger partial charge in [0.05, 0.1) is 18.9 Å². The van der Waals surface area contributed by atoms with Gasteiger partial charge in [-0.3, -0.25) is 0 Å². The molecule has 1 N–H and O–H groups in total. The smallest absolute Gasteiger partial charge is 0.131 e. The molecular formula is C13H15F2NO. The molecule has 0 radical (unpaired) electrons. The van der Waals surface area contributed by atoms with Gasteiger partial charge in [-0.2, -0.15) is 0 Å². The first-order valence-electron chi connectivity index (χ1n) is 5.65. The third kappa shape index (κ3) is 2.47. The Balaban J connectivity index is 2.38. The van der Waals surface area contributed by atoms with Crippen molar-refractivity contribution in [2.45, 2.75) is 18.9 Å². The first-order valence-corrected chi connectivity index (χ1v) is 5.65. The van der Waals surface area contributed by atoms with E-state index < -0.39 is 17.7 Å². The van der Waals surface area contributed by atoms with Crippen molar-refractivity contribution in [2.24, 2.45) is 0 Å². The molecule has 0 spiro atoms. The molecule has 1 aromatic rings. The molecule has 2 nitrogen and oxygen atoms in total. The molecule has 0 amide bonds. The number of hydrogen-bond donors (Lipinski definition) is 1. The van der Waals surface area contributed by atoms with Gasteiger partial charge in [-0.25, -0.2) is 8.78 Å². The van der Waals surface area contributed by atoms with Gasteiger partial charge in [0.1, 0.15) is 11.6 Å². The summed E-state index contributed by atoms with van der Waals surface area (Å²) in [5.41, 5.74) is 0.939. The van der Waals surface area contributed by atoms with Crippen LogP contribution in [0.15, 0.2) is 30.0 Å². The zero-order chi connectivity index (χ0) is 12.3. The molecule has 2 rings (SSSR count). The van der Waals surface area contributed by atoms with Gasteiger partial charge in [-0.15, -0.1) is 0 Å². The van der Waals surface area contributed by atoms with E-state index in [0.717, 1.165) is 18.4 Å². The molecule has 0 aromatic heterocycles. The van der Waals surface area contributed by atoms with Crippen LogP contribution in [0.25, 0.3) is 0 Å². The maximum Gasteiger partial charge on any atom is 0.131 e. The molecule has 1 aliphatic rings. The van der Waals surface area contributed by atoms with E-state index in [-0.39, 0.29) is 5.56 Å². The lowest BCUT2D eigenvalue weighted by Gasteiger charge is -2.23. The van der Waals surface area contributed by atoms with Gasteiger partial charge >= 0.3 is 0 Å². The summed E-state index contributed by atoms with van der Waals surface area (Å²) in [6, 6.07) is 3.45. The van der Waals surface area contributed by atoms with Crippen molar-refractivity contribution < 1.29 is 13.5 Å². The lowest BCUT2D eigenvalue weighted by atomic mass is 9.94. The SMILES string of the molecule is CNC(C1=COCCC1)c1c(F)cccc1F. The monoisotopic (exact) mass is 239 g/mol. The second-order valence-corrected chi connectivity index (χ2v) is 4.02. The summed E-state index contributed by atoms with van der Waals surface area (Å²) in [5, 5.41) is 2.94. The molecule has 0 fully saturated rings. The minimum Gasteiger partial charge on any atom is -0.501 e. The standard InChI is InChI=1S/C13H15F2NO/c1-16-13(9-4-3-7-17-8-9)12-10(14)5-2-6-11(12)15/h2,5-6,8,13,16H,3-4,7H2,1H3. The number of likely N-dealkylation sites (N-methyl/N-ethyl adjacent to an activating group) is 1. The number of rotatable bonds is 3. The van der Waals surface area contributed by atoms with Gasteiger partial charge in [-0.05, 0) is 37.6 Å². The molecule has 17 heavy (non-hydrogen) atoms. The summed E-state index contributed by atoms with van der Waals surface area (Å²) in [4.78, 5) is 0. The number of benzene rings is 1. The minimum absolute atomic E-state index is 0.0618. The summed E-state index contributed by atoms with van der Waals surface area (Å²) in [7, 11) is 1.69. The number of ether oxygens (including phenoxy) is 1. The van der Waals surface area contributed by atoms with Crippen molar-refractivity contribution in [3.05, 3.63) is 47.2 Å². The predicted molar refractivity (Wildman–Crippen MR) is 61.4 cm³/mol. The summed E-state index contributed by atoms with van der Waals surface area (Å²) in [5.74, 6) is -1.06. The topological polar surface area (TPSA) is 21.3 Å². The van der Waals surface area contributed by atoms with Gasteiger partial charge in [-0.1, -0.05) is 6.07 Å². The summed E-state index contributed by atoms with van der Waals surface area (Å²) in [6.45, 7) is 0.666. The highest BCUT2D eigenvalue weighted by atomic mass is 19.1. The molecule has 0 saturated carbocycles. The average molecular weight is 239 g/mol. The van der Waals surface area contributed by atoms with Crippen LogP contribution >= 0.6 is 0 Å². The van der Waals surface area contributed by atoms with Crippen molar-refractivity contribution in [2.75, 3.05) is 13.7 Å². The van der Waals surface area contributed by atoms with Gasteiger partial charge in [0.2, 0.25) is 0 Å². The van der Waals surface area contributed by atoms with Crippen LogP contribution in [0.3, 0.4) is 0 Å². The molecule has 1 heterocycles. The third-order valence-electron chi connectivity index (χ3n) is 2.91. The lowest BCUT2D eigenvalue weighted by Crippen LogP contribution is -2.23. The maximum absolute atomic E-state index is 13.7. The average Bonchev–Trinajstić information content (AvgIpc) is 2.35. The second kappa shape index (κ2) is 5.27. The molecule has 0 aliphatic carbocycles. The minimum atomic E-state index is -0.532. The van der Waals surface area contributed by atoms with Crippen molar-refractivity contribution in [1.29, 1.82) is 0 Å². The fourth-order valence-corrected chi connectivity index (χ4v) is 2.10. The molecule has 0 bridgehead atoms. The van der Waals surface area contributed by atoms with Crippen LogP contribution < -0.4 is 5.32 Å². The van der Waals surface area contributed by atoms with Crippen LogP contribution in [-0.2, 0) is 4.74 Å². The Hall–Kier alpha value is -1.42. The van der Waals surface area contributed by atoms with E-state index in [1.54, 1.807) is 13.3 Å². The maximum atomic E-state index is 13.7. The second-order valence-electron chi connectivity index (χ2n) is 4.02. The molecule has 1 aliphatic heterocycles. The van der Waals surface area contributed by atoms with Crippen LogP contribution in [0, 0.1) is 11.6 Å². The lowest BCUT2D eigenvalue weighted by molar-refractivity contribution is 0.219. The largest absolute Gasteiger partial charge is 0.501 e. The molecule has 4 heteroatoms. The number of halogens is 2. The van der Waals surface area contributed by atoms with Crippen LogP contribution in [0.5, 0.6) is 0 Å². The highest BCUT2D eigenvalue weighted by molar-refractivity contribution is 5.30. The van der Waals surface area contributed by atoms with Crippen molar-refractivity contribution in [3.63, 3.8) is 0 Å². The first kappa shape index (κ1) is 12.0. The van der Waals surface area contributed by atoms with Gasteiger partial charge < -0.3 is 10.1 Å². The first-order chi connectivity index (χ1) is 8.24. The summed E-state index contributed by atoms with van der Waals surface area (Å²) < 4.78 is 32.6. The van der Waals surface area contributed by atoms with Gasteiger partial charge in [0.25, 0.3) is 0 Å². The zero-order valence-corrected chi connectivity index (χ0v) is 9.67. The Morgan fingerprint density at radius 2 is 2.00 bits per heavy atom. The normalized spacial score (nSPS) is 17.2. The highest BCUT2D eigenvalue weighted by Crippen LogP contribution is 2.30. The third-order valence-corrected chi connectivity index (χ3v) is 2.91. The highest BCUT2D eigenvalue weighted by Gasteiger charge is 2.23. The summed E-state index contributed by atoms with van der Waals surface area (Å²) >= 11 is 0. The number of hydrogen-bond acceptors (Lipinski definition) is 2. The number of nitrogens with one attached hydrogen (secondary N) is 1. The van der Waals surface area contributed by atoms with Crippen LogP contribution in [0.1, 0.15) is 24.4 Å². The Morgan fingerprint density at radius 1 is 1.29 bits per heavy atom. The van der Waals surface area contributed by atoms with Gasteiger partial charge in [0.15, 0.2) is 0 Å². The van der Waals surface area contributed by atoms with Crippen LogP contribution in [-0.4, -0.2) is 13.7 Å². The van der Waals surface area contributed by atoms with Crippen molar-refractivity contribution in [3.8, 4) is 0 Å². The molecule has 92 valence electrons. The Labute approximate surface area is 99.3 Å². The van der Waals surface area contributed by atoms with Crippen molar-refractivity contribution >= 4 is 0 Å². The Kier molecular flexibility index (Phi) is 3.74. The molecule has 1 aromatic carbocycles. The predicted octanol–water partition coefficient (Wildman–Crippen LogP) is 2.92. The van der Waals surface area contributed by atoms with E-state index in [1.807, 2.05) is 0 Å². The van der Waals surface area contributed by atoms with E-state index in [1.165, 1.54) is 18.2 Å². The molecule has 1 unspecified atom stereocenters.